The fraction of sp³-hybridized carbons (Fsp3) is 0.0769. The Balaban J connectivity index is 1.52. The smallest absolute Gasteiger partial charge is 0.223 e. The van der Waals surface area contributed by atoms with Crippen LogP contribution in [0.15, 0.2) is 83.3 Å². The summed E-state index contributed by atoms with van der Waals surface area (Å²) in [4.78, 5) is 8.93. The number of furan rings is 1. The van der Waals surface area contributed by atoms with Crippen molar-refractivity contribution in [3.05, 3.63) is 89.7 Å². The van der Waals surface area contributed by atoms with Crippen LogP contribution in [0.3, 0.4) is 0 Å². The quantitative estimate of drug-likeness (QED) is 0.282. The fourth-order valence-electron chi connectivity index (χ4n) is 4.20. The number of halogens is 1. The van der Waals surface area contributed by atoms with Crippen molar-refractivity contribution in [1.82, 2.24) is 9.97 Å². The zero-order valence-corrected chi connectivity index (χ0v) is 16.9. The minimum absolute atomic E-state index is 0.219. The largest absolute Gasteiger partial charge is 0.452 e. The topological polar surface area (TPSA) is 38.9 Å². The summed E-state index contributed by atoms with van der Waals surface area (Å²) in [5, 5.41) is 3.52. The summed E-state index contributed by atoms with van der Waals surface area (Å²) in [6, 6.07) is 20.8. The third-order valence-corrected chi connectivity index (χ3v) is 5.86. The van der Waals surface area contributed by atoms with Crippen molar-refractivity contribution in [1.29, 1.82) is 0 Å². The molecular formula is C26H17ClN2O. The van der Waals surface area contributed by atoms with Gasteiger partial charge >= 0.3 is 0 Å². The van der Waals surface area contributed by atoms with Crippen LogP contribution in [0.1, 0.15) is 18.4 Å². The highest BCUT2D eigenvalue weighted by molar-refractivity contribution is 6.29. The van der Waals surface area contributed by atoms with Crippen molar-refractivity contribution in [2.45, 2.75) is 12.8 Å². The number of hydrogen-bond acceptors (Lipinski definition) is 3. The standard InChI is InChI=1S/C26H17ClN2O/c27-26-28-23(25-24(29-26)21-8-4-5-9-22(21)30-25)20-13-12-18-14-17(10-11-19(18)15-20)16-6-2-1-3-7-16/h1-2,4-6,8-15H,3,7H2. The second-order valence-electron chi connectivity index (χ2n) is 7.55. The summed E-state index contributed by atoms with van der Waals surface area (Å²) >= 11 is 6.28. The molecule has 0 fully saturated rings. The van der Waals surface area contributed by atoms with Gasteiger partial charge in [-0.05, 0) is 70.6 Å². The number of rotatable bonds is 2. The van der Waals surface area contributed by atoms with E-state index < -0.39 is 0 Å². The van der Waals surface area contributed by atoms with Crippen LogP contribution in [-0.2, 0) is 0 Å². The summed E-state index contributed by atoms with van der Waals surface area (Å²) in [5.74, 6) is 0. The number of hydrogen-bond donors (Lipinski definition) is 0. The second kappa shape index (κ2) is 6.82. The van der Waals surface area contributed by atoms with Crippen LogP contribution in [0.5, 0.6) is 0 Å². The van der Waals surface area contributed by atoms with Crippen LogP contribution in [0.25, 0.3) is 49.7 Å². The predicted octanol–water partition coefficient (Wildman–Crippen LogP) is 7.58. The Morgan fingerprint density at radius 1 is 0.867 bits per heavy atom. The van der Waals surface area contributed by atoms with Gasteiger partial charge in [0, 0.05) is 10.9 Å². The van der Waals surface area contributed by atoms with Gasteiger partial charge in [-0.2, -0.15) is 0 Å². The molecule has 0 N–H and O–H groups in total. The van der Waals surface area contributed by atoms with E-state index in [2.05, 4.69) is 64.6 Å². The van der Waals surface area contributed by atoms with E-state index in [4.69, 9.17) is 16.0 Å². The average molecular weight is 409 g/mol. The normalized spacial score (nSPS) is 14.0. The lowest BCUT2D eigenvalue weighted by atomic mass is 9.94. The SMILES string of the molecule is Clc1nc(-c2ccc3cc(C4=CC=CCC4)ccc3c2)c2oc3ccccc3c2n1. The lowest BCUT2D eigenvalue weighted by Crippen LogP contribution is -1.90. The van der Waals surface area contributed by atoms with Crippen LogP contribution in [0.2, 0.25) is 5.28 Å². The van der Waals surface area contributed by atoms with Gasteiger partial charge in [0.15, 0.2) is 5.58 Å². The number of aromatic nitrogens is 2. The minimum Gasteiger partial charge on any atom is -0.452 e. The average Bonchev–Trinajstić information content (AvgIpc) is 3.17. The van der Waals surface area contributed by atoms with Gasteiger partial charge in [0.05, 0.1) is 0 Å². The molecule has 0 radical (unpaired) electrons. The van der Waals surface area contributed by atoms with E-state index >= 15 is 0 Å². The molecule has 0 unspecified atom stereocenters. The van der Waals surface area contributed by atoms with Gasteiger partial charge in [-0.15, -0.1) is 0 Å². The second-order valence-corrected chi connectivity index (χ2v) is 7.89. The van der Waals surface area contributed by atoms with E-state index in [1.54, 1.807) is 0 Å². The van der Waals surface area contributed by atoms with Crippen LogP contribution in [0.4, 0.5) is 0 Å². The first-order valence-electron chi connectivity index (χ1n) is 10.0. The Bertz CT molecular complexity index is 1510. The maximum Gasteiger partial charge on any atom is 0.223 e. The van der Waals surface area contributed by atoms with Crippen LogP contribution in [0, 0.1) is 0 Å². The number of allylic oxidation sites excluding steroid dienone is 4. The maximum absolute atomic E-state index is 6.28. The molecule has 30 heavy (non-hydrogen) atoms. The Morgan fingerprint density at radius 2 is 1.67 bits per heavy atom. The lowest BCUT2D eigenvalue weighted by molar-refractivity contribution is 0.667. The zero-order valence-electron chi connectivity index (χ0n) is 16.1. The van der Waals surface area contributed by atoms with E-state index in [1.807, 2.05) is 24.3 Å². The van der Waals surface area contributed by atoms with E-state index in [0.717, 1.165) is 40.3 Å². The highest BCUT2D eigenvalue weighted by Crippen LogP contribution is 2.36. The van der Waals surface area contributed by atoms with Crippen molar-refractivity contribution in [3.63, 3.8) is 0 Å². The molecule has 0 saturated heterocycles. The molecule has 0 bridgehead atoms. The van der Waals surface area contributed by atoms with E-state index in [1.165, 1.54) is 16.5 Å². The van der Waals surface area contributed by atoms with E-state index in [9.17, 15) is 0 Å². The summed E-state index contributed by atoms with van der Waals surface area (Å²) in [7, 11) is 0. The van der Waals surface area contributed by atoms with Gasteiger partial charge in [0.25, 0.3) is 0 Å². The van der Waals surface area contributed by atoms with Crippen molar-refractivity contribution < 1.29 is 4.42 Å². The molecule has 4 heteroatoms. The molecule has 1 aliphatic carbocycles. The Morgan fingerprint density at radius 3 is 2.50 bits per heavy atom. The van der Waals surface area contributed by atoms with Gasteiger partial charge in [-0.25, -0.2) is 9.97 Å². The van der Waals surface area contributed by atoms with Gasteiger partial charge in [0.2, 0.25) is 5.28 Å². The van der Waals surface area contributed by atoms with E-state index in [0.29, 0.717) is 11.3 Å². The first-order valence-corrected chi connectivity index (χ1v) is 10.4. The van der Waals surface area contributed by atoms with Crippen molar-refractivity contribution in [3.8, 4) is 11.3 Å². The lowest BCUT2D eigenvalue weighted by Gasteiger charge is -2.11. The summed E-state index contributed by atoms with van der Waals surface area (Å²) in [6.07, 6.45) is 8.75. The van der Waals surface area contributed by atoms with E-state index in [-0.39, 0.29) is 5.28 Å². The molecule has 3 nitrogen and oxygen atoms in total. The van der Waals surface area contributed by atoms with Crippen LogP contribution in [-0.4, -0.2) is 9.97 Å². The molecule has 0 saturated carbocycles. The molecule has 0 aliphatic heterocycles. The molecule has 2 heterocycles. The van der Waals surface area contributed by atoms with Crippen LogP contribution >= 0.6 is 11.6 Å². The fourth-order valence-corrected chi connectivity index (χ4v) is 4.36. The van der Waals surface area contributed by atoms with Crippen LogP contribution < -0.4 is 0 Å². The molecule has 6 rings (SSSR count). The Hall–Kier alpha value is -3.43. The molecule has 0 atom stereocenters. The van der Waals surface area contributed by atoms with Crippen molar-refractivity contribution in [2.75, 3.05) is 0 Å². The molecule has 1 aliphatic rings. The van der Waals surface area contributed by atoms with Gasteiger partial charge < -0.3 is 4.42 Å². The summed E-state index contributed by atoms with van der Waals surface area (Å²) < 4.78 is 6.11. The Labute approximate surface area is 178 Å². The van der Waals surface area contributed by atoms with Gasteiger partial charge in [-0.3, -0.25) is 0 Å². The van der Waals surface area contributed by atoms with Gasteiger partial charge in [-0.1, -0.05) is 54.6 Å². The first-order chi connectivity index (χ1) is 14.8. The predicted molar refractivity (Wildman–Crippen MR) is 124 cm³/mol. The third kappa shape index (κ3) is 2.82. The molecule has 0 amide bonds. The summed E-state index contributed by atoms with van der Waals surface area (Å²) in [5.41, 5.74) is 6.53. The maximum atomic E-state index is 6.28. The molecule has 5 aromatic rings. The summed E-state index contributed by atoms with van der Waals surface area (Å²) in [6.45, 7) is 0. The van der Waals surface area contributed by atoms with Gasteiger partial charge in [0.1, 0.15) is 16.8 Å². The molecule has 0 spiro atoms. The molecule has 3 aromatic carbocycles. The monoisotopic (exact) mass is 408 g/mol. The number of nitrogens with zero attached hydrogens (tertiary/aromatic N) is 2. The highest BCUT2D eigenvalue weighted by Gasteiger charge is 2.17. The number of fused-ring (bicyclic) bond motifs is 4. The van der Waals surface area contributed by atoms with Crippen molar-refractivity contribution in [2.24, 2.45) is 0 Å². The minimum atomic E-state index is 0.219. The number of para-hydroxylation sites is 1. The number of benzene rings is 3. The first kappa shape index (κ1) is 17.4. The third-order valence-electron chi connectivity index (χ3n) is 5.69. The molecular weight excluding hydrogens is 392 g/mol. The Kier molecular flexibility index (Phi) is 3.96. The van der Waals surface area contributed by atoms with Crippen molar-refractivity contribution >= 4 is 50.0 Å². The zero-order chi connectivity index (χ0) is 20.1. The molecule has 2 aromatic heterocycles. The highest BCUT2D eigenvalue weighted by atomic mass is 35.5. The molecule has 144 valence electrons.